The fourth-order valence-electron chi connectivity index (χ4n) is 2.96. The van der Waals surface area contributed by atoms with Crippen molar-refractivity contribution in [1.82, 2.24) is 9.97 Å². The second-order valence-corrected chi connectivity index (χ2v) is 7.09. The first-order valence-electron chi connectivity index (χ1n) is 8.34. The average Bonchev–Trinajstić information content (AvgIpc) is 3.07. The van der Waals surface area contributed by atoms with Crippen LogP contribution >= 0.6 is 11.3 Å². The van der Waals surface area contributed by atoms with E-state index < -0.39 is 0 Å². The molecule has 0 aliphatic rings. The van der Waals surface area contributed by atoms with Crippen LogP contribution in [0.2, 0.25) is 0 Å². The summed E-state index contributed by atoms with van der Waals surface area (Å²) in [6.07, 6.45) is 0.576. The molecule has 2 aromatic carbocycles. The zero-order chi connectivity index (χ0) is 18.1. The predicted molar refractivity (Wildman–Crippen MR) is 106 cm³/mol. The third kappa shape index (κ3) is 3.13. The highest BCUT2D eigenvalue weighted by atomic mass is 32.1. The highest BCUT2D eigenvalue weighted by Crippen LogP contribution is 2.31. The fraction of sp³-hybridized carbons (Fsp3) is 0.143. The minimum atomic E-state index is -0.0877. The number of methoxy groups -OCH3 is 1. The van der Waals surface area contributed by atoms with Gasteiger partial charge in [-0.15, -0.1) is 11.3 Å². The van der Waals surface area contributed by atoms with Gasteiger partial charge in [-0.3, -0.25) is 4.79 Å². The third-order valence-corrected chi connectivity index (χ3v) is 5.26. The Bertz CT molecular complexity index is 1110. The van der Waals surface area contributed by atoms with Gasteiger partial charge in [-0.25, -0.2) is 4.98 Å². The van der Waals surface area contributed by atoms with Gasteiger partial charge in [-0.05, 0) is 30.2 Å². The van der Waals surface area contributed by atoms with Crippen molar-refractivity contribution in [3.05, 3.63) is 81.2 Å². The molecule has 0 unspecified atom stereocenters. The maximum absolute atomic E-state index is 12.7. The molecule has 130 valence electrons. The minimum Gasteiger partial charge on any atom is -0.497 e. The third-order valence-electron chi connectivity index (χ3n) is 4.39. The second kappa shape index (κ2) is 6.77. The number of nitrogens with zero attached hydrogens (tertiary/aromatic N) is 1. The van der Waals surface area contributed by atoms with E-state index in [0.717, 1.165) is 27.3 Å². The molecule has 4 rings (SSSR count). The van der Waals surface area contributed by atoms with E-state index >= 15 is 0 Å². The van der Waals surface area contributed by atoms with Crippen LogP contribution in [0.5, 0.6) is 5.75 Å². The largest absolute Gasteiger partial charge is 0.497 e. The topological polar surface area (TPSA) is 55.0 Å². The number of fused-ring (bicyclic) bond motifs is 1. The molecule has 0 radical (unpaired) electrons. The highest BCUT2D eigenvalue weighted by molar-refractivity contribution is 7.17. The Morgan fingerprint density at radius 2 is 1.81 bits per heavy atom. The molecule has 0 fully saturated rings. The summed E-state index contributed by atoms with van der Waals surface area (Å²) in [6.45, 7) is 2.05. The first kappa shape index (κ1) is 16.5. The summed E-state index contributed by atoms with van der Waals surface area (Å²) in [5, 5.41) is 2.67. The first-order chi connectivity index (χ1) is 12.6. The molecule has 4 aromatic rings. The van der Waals surface area contributed by atoms with Crippen LogP contribution in [0.4, 0.5) is 0 Å². The lowest BCUT2D eigenvalue weighted by Crippen LogP contribution is -2.11. The number of hydrogen-bond donors (Lipinski definition) is 1. The van der Waals surface area contributed by atoms with Crippen LogP contribution in [0.15, 0.2) is 58.7 Å². The number of ether oxygens (including phenoxy) is 1. The van der Waals surface area contributed by atoms with Crippen molar-refractivity contribution in [3.8, 4) is 16.9 Å². The molecule has 1 N–H and O–H groups in total. The van der Waals surface area contributed by atoms with Crippen molar-refractivity contribution in [2.45, 2.75) is 13.3 Å². The van der Waals surface area contributed by atoms with E-state index in [1.165, 1.54) is 16.9 Å². The minimum absolute atomic E-state index is 0.0877. The molecule has 4 nitrogen and oxygen atoms in total. The summed E-state index contributed by atoms with van der Waals surface area (Å²) in [5.41, 5.74) is 4.16. The molecule has 0 aliphatic heterocycles. The van der Waals surface area contributed by atoms with Crippen LogP contribution in [-0.4, -0.2) is 17.1 Å². The number of aromatic nitrogens is 2. The van der Waals surface area contributed by atoms with Gasteiger partial charge in [0.2, 0.25) is 0 Å². The smallest absolute Gasteiger partial charge is 0.260 e. The molecule has 0 bridgehead atoms. The number of aryl methyl sites for hydroxylation is 1. The van der Waals surface area contributed by atoms with E-state index in [1.54, 1.807) is 7.11 Å². The van der Waals surface area contributed by atoms with Crippen molar-refractivity contribution < 1.29 is 4.74 Å². The van der Waals surface area contributed by atoms with Gasteiger partial charge in [0.25, 0.3) is 5.56 Å². The maximum Gasteiger partial charge on any atom is 0.260 e. The lowest BCUT2D eigenvalue weighted by molar-refractivity contribution is 0.414. The molecule has 0 aliphatic carbocycles. The quantitative estimate of drug-likeness (QED) is 0.579. The highest BCUT2D eigenvalue weighted by Gasteiger charge is 2.13. The van der Waals surface area contributed by atoms with Crippen molar-refractivity contribution >= 4 is 21.6 Å². The summed E-state index contributed by atoms with van der Waals surface area (Å²) in [5.74, 6) is 1.48. The molecule has 0 amide bonds. The monoisotopic (exact) mass is 362 g/mol. The molecule has 2 aromatic heterocycles. The van der Waals surface area contributed by atoms with Gasteiger partial charge in [-0.2, -0.15) is 0 Å². The molecule has 0 atom stereocenters. The van der Waals surface area contributed by atoms with Gasteiger partial charge in [0.1, 0.15) is 16.4 Å². The number of H-pyrrole nitrogens is 1. The molecule has 2 heterocycles. The maximum atomic E-state index is 12.7. The second-order valence-electron chi connectivity index (χ2n) is 6.23. The summed E-state index contributed by atoms with van der Waals surface area (Å²) >= 11 is 1.51. The van der Waals surface area contributed by atoms with Gasteiger partial charge in [0.15, 0.2) is 0 Å². The Morgan fingerprint density at radius 3 is 2.50 bits per heavy atom. The van der Waals surface area contributed by atoms with Crippen LogP contribution in [0.3, 0.4) is 0 Å². The van der Waals surface area contributed by atoms with E-state index in [1.807, 2.05) is 41.8 Å². The summed E-state index contributed by atoms with van der Waals surface area (Å²) in [4.78, 5) is 21.1. The molecule has 0 saturated carbocycles. The lowest BCUT2D eigenvalue weighted by Gasteiger charge is -2.04. The number of aromatic amines is 1. The molecule has 5 heteroatoms. The molecule has 0 spiro atoms. The van der Waals surface area contributed by atoms with Crippen LogP contribution in [0, 0.1) is 6.92 Å². The van der Waals surface area contributed by atoms with Gasteiger partial charge in [0, 0.05) is 17.4 Å². The SMILES string of the molecule is COc1ccc(Cc2nc3scc(-c4ccc(C)cc4)c3c(=O)[nH]2)cc1. The Hall–Kier alpha value is -2.92. The number of hydrogen-bond acceptors (Lipinski definition) is 4. The van der Waals surface area contributed by atoms with Crippen molar-refractivity contribution in [1.29, 1.82) is 0 Å². The molecule has 0 saturated heterocycles. The zero-order valence-electron chi connectivity index (χ0n) is 14.6. The van der Waals surface area contributed by atoms with Gasteiger partial charge in [-0.1, -0.05) is 42.0 Å². The van der Waals surface area contributed by atoms with E-state index in [2.05, 4.69) is 29.0 Å². The number of nitrogens with one attached hydrogen (secondary N) is 1. The summed E-state index contributed by atoms with van der Waals surface area (Å²) < 4.78 is 5.18. The summed E-state index contributed by atoms with van der Waals surface area (Å²) in [7, 11) is 1.64. The predicted octanol–water partition coefficient (Wildman–Crippen LogP) is 4.56. The molecule has 26 heavy (non-hydrogen) atoms. The van der Waals surface area contributed by atoms with Gasteiger partial charge >= 0.3 is 0 Å². The van der Waals surface area contributed by atoms with Gasteiger partial charge < -0.3 is 9.72 Å². The zero-order valence-corrected chi connectivity index (χ0v) is 15.4. The van der Waals surface area contributed by atoms with Crippen LogP contribution in [-0.2, 0) is 6.42 Å². The number of benzene rings is 2. The van der Waals surface area contributed by atoms with Crippen molar-refractivity contribution in [2.75, 3.05) is 7.11 Å². The van der Waals surface area contributed by atoms with E-state index in [0.29, 0.717) is 17.6 Å². The number of rotatable bonds is 4. The Balaban J connectivity index is 1.71. The Morgan fingerprint density at radius 1 is 1.08 bits per heavy atom. The standard InChI is InChI=1S/C21H18N2O2S/c1-13-3-7-15(8-4-13)17-12-26-21-19(17)20(24)22-18(23-21)11-14-5-9-16(25-2)10-6-14/h3-10,12H,11H2,1-2H3,(H,22,23,24). The van der Waals surface area contributed by atoms with Gasteiger partial charge in [0.05, 0.1) is 12.5 Å². The van der Waals surface area contributed by atoms with E-state index in [4.69, 9.17) is 4.74 Å². The van der Waals surface area contributed by atoms with E-state index in [9.17, 15) is 4.79 Å². The van der Waals surface area contributed by atoms with E-state index in [-0.39, 0.29) is 5.56 Å². The lowest BCUT2D eigenvalue weighted by atomic mass is 10.0. The van der Waals surface area contributed by atoms with Crippen LogP contribution < -0.4 is 10.3 Å². The summed E-state index contributed by atoms with van der Waals surface area (Å²) in [6, 6.07) is 16.0. The number of thiophene rings is 1. The van der Waals surface area contributed by atoms with Crippen LogP contribution in [0.25, 0.3) is 21.3 Å². The van der Waals surface area contributed by atoms with Crippen molar-refractivity contribution in [3.63, 3.8) is 0 Å². The Labute approximate surface area is 155 Å². The molecular formula is C21H18N2O2S. The van der Waals surface area contributed by atoms with Crippen LogP contribution in [0.1, 0.15) is 17.0 Å². The first-order valence-corrected chi connectivity index (χ1v) is 9.22. The average molecular weight is 362 g/mol. The fourth-order valence-corrected chi connectivity index (χ4v) is 3.93. The van der Waals surface area contributed by atoms with Crippen molar-refractivity contribution in [2.24, 2.45) is 0 Å². The molecular weight excluding hydrogens is 344 g/mol. The normalized spacial score (nSPS) is 11.0. The Kier molecular flexibility index (Phi) is 4.31.